The largest absolute Gasteiger partial charge is 0.459 e. The zero-order valence-electron chi connectivity index (χ0n) is 20.5. The molecule has 1 heterocycles. The number of carbonyl (C=O) groups is 2. The highest BCUT2D eigenvalue weighted by molar-refractivity contribution is 7.53. The summed E-state index contributed by atoms with van der Waals surface area (Å²) in [4.78, 5) is 25.1. The van der Waals surface area contributed by atoms with E-state index in [4.69, 9.17) is 18.7 Å². The lowest BCUT2D eigenvalue weighted by Crippen LogP contribution is -2.60. The van der Waals surface area contributed by atoms with Gasteiger partial charge < -0.3 is 24.4 Å². The molecule has 2 aromatic rings. The van der Waals surface area contributed by atoms with Gasteiger partial charge >= 0.3 is 19.6 Å². The first kappa shape index (κ1) is 27.9. The van der Waals surface area contributed by atoms with Crippen molar-refractivity contribution in [2.24, 2.45) is 0 Å². The van der Waals surface area contributed by atoms with Gasteiger partial charge in [-0.2, -0.15) is 0 Å². The van der Waals surface area contributed by atoms with Gasteiger partial charge in [-0.15, -0.1) is 0 Å². The Hall–Kier alpha value is -2.63. The molecule has 1 fully saturated rings. The van der Waals surface area contributed by atoms with E-state index in [0.29, 0.717) is 0 Å². The molecule has 3 rings (SSSR count). The normalized spacial score (nSPS) is 24.5. The number of aliphatic hydroxyl groups is 2. The first-order chi connectivity index (χ1) is 17.0. The van der Waals surface area contributed by atoms with Gasteiger partial charge in [0.05, 0.1) is 11.1 Å². The molecule has 36 heavy (non-hydrogen) atoms. The average Bonchev–Trinajstić information content (AvgIpc) is 2.87. The number of carbonyl (C=O) groups excluding carboxylic acids is 2. The Bertz CT molecular complexity index is 1050. The molecule has 2 N–H and O–H groups in total. The van der Waals surface area contributed by atoms with Gasteiger partial charge in [-0.05, 0) is 52.5 Å². The Morgan fingerprint density at radius 2 is 1.36 bits per heavy atom. The Kier molecular flexibility index (Phi) is 9.37. The molecule has 12 heteroatoms. The van der Waals surface area contributed by atoms with Gasteiger partial charge in [-0.25, -0.2) is 18.9 Å². The monoisotopic (exact) mass is 522 g/mol. The van der Waals surface area contributed by atoms with E-state index < -0.39 is 56.9 Å². The van der Waals surface area contributed by atoms with Crippen LogP contribution >= 0.6 is 7.67 Å². The van der Waals surface area contributed by atoms with Crippen LogP contribution in [0.25, 0.3) is 0 Å². The van der Waals surface area contributed by atoms with E-state index in [1.165, 1.54) is 49.7 Å². The number of aliphatic hydroxyl groups excluding tert-OH is 2. The molecule has 0 spiro atoms. The van der Waals surface area contributed by atoms with Crippen molar-refractivity contribution in [2.75, 3.05) is 34.8 Å². The molecule has 1 aliphatic rings. The maximum Gasteiger partial charge on any atom is 0.347 e. The summed E-state index contributed by atoms with van der Waals surface area (Å²) in [6, 6.07) is 16.2. The fraction of sp³-hybridized carbons (Fsp3) is 0.417. The van der Waals surface area contributed by atoms with Gasteiger partial charge in [-0.1, -0.05) is 36.4 Å². The van der Waals surface area contributed by atoms with Crippen LogP contribution in [-0.4, -0.2) is 97.0 Å². The lowest BCUT2D eigenvalue weighted by atomic mass is 9.99. The van der Waals surface area contributed by atoms with E-state index in [-0.39, 0.29) is 11.1 Å². The Balaban J connectivity index is 1.83. The topological polar surface area (TPSA) is 135 Å². The lowest BCUT2D eigenvalue weighted by molar-refractivity contribution is -0.278. The Morgan fingerprint density at radius 3 is 1.86 bits per heavy atom. The van der Waals surface area contributed by atoms with E-state index in [1.54, 1.807) is 48.5 Å². The molecular weight excluding hydrogens is 491 g/mol. The summed E-state index contributed by atoms with van der Waals surface area (Å²) < 4.78 is 38.5. The lowest BCUT2D eigenvalue weighted by Gasteiger charge is -2.43. The summed E-state index contributed by atoms with van der Waals surface area (Å²) in [7, 11) is 2.41. The van der Waals surface area contributed by atoms with Gasteiger partial charge in [0.15, 0.2) is 6.10 Å². The second-order valence-electron chi connectivity index (χ2n) is 8.51. The van der Waals surface area contributed by atoms with Crippen LogP contribution in [0.5, 0.6) is 0 Å². The number of ether oxygens (including phenoxy) is 3. The standard InChI is InChI=1S/C24H31N2O9P/c1-25(2)36(31,26(3)4)35-24-21(34-23(30)17-13-9-6-10-14-17)20(28)19(27)18(33-24)15-32-22(29)16-11-7-5-8-12-16/h5-14,18-21,24,27-28H,15H2,1-4H3/t18-,19+,20+,21-,24+/m1/s1. The first-order valence-electron chi connectivity index (χ1n) is 11.2. The minimum atomic E-state index is -3.69. The molecule has 0 aliphatic carbocycles. The smallest absolute Gasteiger partial charge is 0.347 e. The molecule has 0 aromatic heterocycles. The van der Waals surface area contributed by atoms with Crippen molar-refractivity contribution in [1.82, 2.24) is 9.34 Å². The van der Waals surface area contributed by atoms with E-state index in [2.05, 4.69) is 0 Å². The number of rotatable bonds is 9. The van der Waals surface area contributed by atoms with E-state index in [0.717, 1.165) is 0 Å². The molecule has 0 radical (unpaired) electrons. The summed E-state index contributed by atoms with van der Waals surface area (Å²) in [6.07, 6.45) is -7.68. The van der Waals surface area contributed by atoms with Gasteiger partial charge in [-0.3, -0.25) is 9.09 Å². The quantitative estimate of drug-likeness (QED) is 0.368. The van der Waals surface area contributed by atoms with Crippen molar-refractivity contribution in [3.8, 4) is 0 Å². The van der Waals surface area contributed by atoms with Gasteiger partial charge in [0.1, 0.15) is 24.9 Å². The maximum absolute atomic E-state index is 13.5. The molecule has 0 amide bonds. The molecule has 0 unspecified atom stereocenters. The van der Waals surface area contributed by atoms with Crippen molar-refractivity contribution >= 4 is 19.6 Å². The van der Waals surface area contributed by atoms with E-state index in [9.17, 15) is 24.4 Å². The number of esters is 2. The van der Waals surface area contributed by atoms with Gasteiger partial charge in [0.25, 0.3) is 0 Å². The Morgan fingerprint density at radius 1 is 0.861 bits per heavy atom. The predicted molar refractivity (Wildman–Crippen MR) is 129 cm³/mol. The van der Waals surface area contributed by atoms with Crippen LogP contribution in [0, 0.1) is 0 Å². The molecule has 0 saturated carbocycles. The zero-order valence-corrected chi connectivity index (χ0v) is 21.4. The fourth-order valence-corrected chi connectivity index (χ4v) is 5.05. The summed E-state index contributed by atoms with van der Waals surface area (Å²) in [5, 5.41) is 21.6. The summed E-state index contributed by atoms with van der Waals surface area (Å²) >= 11 is 0. The summed E-state index contributed by atoms with van der Waals surface area (Å²) in [5.41, 5.74) is 0.482. The minimum Gasteiger partial charge on any atom is -0.459 e. The van der Waals surface area contributed by atoms with Crippen LogP contribution in [0.15, 0.2) is 60.7 Å². The van der Waals surface area contributed by atoms with Crippen molar-refractivity contribution in [3.63, 3.8) is 0 Å². The van der Waals surface area contributed by atoms with Crippen LogP contribution < -0.4 is 0 Å². The molecule has 2 aromatic carbocycles. The third-order valence-corrected chi connectivity index (χ3v) is 8.04. The highest BCUT2D eigenvalue weighted by atomic mass is 31.2. The summed E-state index contributed by atoms with van der Waals surface area (Å²) in [5.74, 6) is -1.47. The molecule has 1 aliphatic heterocycles. The molecular formula is C24H31N2O9P. The zero-order chi connectivity index (χ0) is 26.5. The van der Waals surface area contributed by atoms with Crippen molar-refractivity contribution in [1.29, 1.82) is 0 Å². The SMILES string of the molecule is CN(C)P(=O)(O[C@@H]1O[C@H](COC(=O)c2ccccc2)[C@H](O)[C@H](O)[C@H]1OC(=O)c1ccccc1)N(C)C. The van der Waals surface area contributed by atoms with Crippen LogP contribution in [0.4, 0.5) is 0 Å². The minimum absolute atomic E-state index is 0.195. The summed E-state index contributed by atoms with van der Waals surface area (Å²) in [6.45, 7) is -0.445. The molecule has 196 valence electrons. The van der Waals surface area contributed by atoms with Crippen molar-refractivity contribution < 1.29 is 43.1 Å². The number of nitrogens with zero attached hydrogens (tertiary/aromatic N) is 2. The predicted octanol–water partition coefficient (Wildman–Crippen LogP) is 1.76. The Labute approximate surface area is 209 Å². The number of hydrogen-bond donors (Lipinski definition) is 2. The second kappa shape index (κ2) is 12.1. The molecule has 0 bridgehead atoms. The van der Waals surface area contributed by atoms with Crippen LogP contribution in [0.3, 0.4) is 0 Å². The molecule has 11 nitrogen and oxygen atoms in total. The van der Waals surface area contributed by atoms with E-state index >= 15 is 0 Å². The third-order valence-electron chi connectivity index (χ3n) is 5.54. The second-order valence-corrected chi connectivity index (χ2v) is 11.3. The van der Waals surface area contributed by atoms with Crippen LogP contribution in [0.1, 0.15) is 20.7 Å². The van der Waals surface area contributed by atoms with Crippen LogP contribution in [0.2, 0.25) is 0 Å². The molecule has 5 atom stereocenters. The van der Waals surface area contributed by atoms with Crippen molar-refractivity contribution in [3.05, 3.63) is 71.8 Å². The maximum atomic E-state index is 13.5. The third kappa shape index (κ3) is 6.37. The molecule has 1 saturated heterocycles. The van der Waals surface area contributed by atoms with E-state index in [1.807, 2.05) is 0 Å². The fourth-order valence-electron chi connectivity index (χ4n) is 3.52. The van der Waals surface area contributed by atoms with Crippen LogP contribution in [-0.2, 0) is 23.3 Å². The first-order valence-corrected chi connectivity index (χ1v) is 12.7. The van der Waals surface area contributed by atoms with Gasteiger partial charge in [0, 0.05) is 0 Å². The highest BCUT2D eigenvalue weighted by Gasteiger charge is 2.51. The number of benzene rings is 2. The number of hydrogen-bond acceptors (Lipinski definition) is 9. The van der Waals surface area contributed by atoms with Crippen molar-refractivity contribution in [2.45, 2.75) is 30.7 Å². The van der Waals surface area contributed by atoms with Gasteiger partial charge in [0.2, 0.25) is 6.29 Å². The average molecular weight is 522 g/mol. The highest BCUT2D eigenvalue weighted by Crippen LogP contribution is 2.53.